The number of nitrogens with two attached hydrogens (primary N) is 1. The monoisotopic (exact) mass is 268 g/mol. The highest BCUT2D eigenvalue weighted by molar-refractivity contribution is 6.08. The molecule has 0 aliphatic carbocycles. The highest BCUT2D eigenvalue weighted by atomic mass is 16.5. The Balaban J connectivity index is 0.00000220. The van der Waals surface area contributed by atoms with Gasteiger partial charge in [0.2, 0.25) is 0 Å². The molecule has 4 heteroatoms. The van der Waals surface area contributed by atoms with Gasteiger partial charge >= 0.3 is 0 Å². The molecule has 4 nitrogen and oxygen atoms in total. The highest BCUT2D eigenvalue weighted by Gasteiger charge is 2.01. The van der Waals surface area contributed by atoms with Crippen LogP contribution in [0.5, 0.6) is 11.5 Å². The molecule has 102 valence electrons. The van der Waals surface area contributed by atoms with Crippen LogP contribution < -0.4 is 10.5 Å². The number of nitrogens with one attached hydrogen (secondary N) is 1. The van der Waals surface area contributed by atoms with Gasteiger partial charge in [0.15, 0.2) is 6.29 Å². The minimum absolute atomic E-state index is 0. The second kappa shape index (κ2) is 6.33. The molecule has 0 saturated heterocycles. The number of carbonyl (C=O) groups is 1. The lowest BCUT2D eigenvalue weighted by Crippen LogP contribution is -2.03. The van der Waals surface area contributed by atoms with E-state index in [4.69, 9.17) is 15.9 Å². The van der Waals surface area contributed by atoms with E-state index in [1.54, 1.807) is 24.3 Å². The molecule has 0 spiro atoms. The van der Waals surface area contributed by atoms with Crippen molar-refractivity contribution < 1.29 is 11.0 Å². The quantitative estimate of drug-likeness (QED) is 0.497. The van der Waals surface area contributed by atoms with Crippen molar-refractivity contribution in [2.45, 2.75) is 0 Å². The van der Waals surface area contributed by atoms with Gasteiger partial charge in [-0.2, -0.15) is 0 Å². The second-order valence-electron chi connectivity index (χ2n) is 4.12. The van der Waals surface area contributed by atoms with Crippen LogP contribution in [-0.2, 0) is 4.79 Å². The lowest BCUT2D eigenvalue weighted by Gasteiger charge is -2.06. The van der Waals surface area contributed by atoms with E-state index < -0.39 is 0 Å². The third-order valence-corrected chi connectivity index (χ3v) is 2.59. The van der Waals surface area contributed by atoms with Crippen molar-refractivity contribution in [2.24, 2.45) is 5.73 Å². The first kappa shape index (κ1) is 13.5. The molecule has 0 bridgehead atoms. The first-order valence-electron chi connectivity index (χ1n) is 6.03. The van der Waals surface area contributed by atoms with Gasteiger partial charge in [-0.05, 0) is 48.0 Å². The molecular formula is C16H16N2O2. The Morgan fingerprint density at radius 1 is 1.05 bits per heavy atom. The summed E-state index contributed by atoms with van der Waals surface area (Å²) in [5.41, 5.74) is 6.24. The average Bonchev–Trinajstić information content (AvgIpc) is 2.49. The predicted molar refractivity (Wildman–Crippen MR) is 80.2 cm³/mol. The second-order valence-corrected chi connectivity index (χ2v) is 4.12. The fraction of sp³-hybridized carbons (Fsp3) is 0. The first-order valence-corrected chi connectivity index (χ1v) is 6.03. The molecule has 20 heavy (non-hydrogen) atoms. The number of hydrogen-bond donors (Lipinski definition) is 2. The Morgan fingerprint density at radius 3 is 2.25 bits per heavy atom. The largest absolute Gasteiger partial charge is 0.457 e. The summed E-state index contributed by atoms with van der Waals surface area (Å²) in [4.78, 5) is 10.4. The number of para-hydroxylation sites is 1. The molecule has 0 unspecified atom stereocenters. The van der Waals surface area contributed by atoms with E-state index in [2.05, 4.69) is 0 Å². The van der Waals surface area contributed by atoms with Gasteiger partial charge < -0.3 is 15.9 Å². The number of allylic oxidation sites excluding steroid dienone is 2. The van der Waals surface area contributed by atoms with Crippen LogP contribution >= 0.6 is 0 Å². The molecule has 0 heterocycles. The third-order valence-electron chi connectivity index (χ3n) is 2.59. The molecule has 0 aliphatic rings. The topological polar surface area (TPSA) is 76.2 Å². The lowest BCUT2D eigenvalue weighted by atomic mass is 10.1. The van der Waals surface area contributed by atoms with Crippen molar-refractivity contribution in [1.82, 2.24) is 0 Å². The Morgan fingerprint density at radius 2 is 1.65 bits per heavy atom. The number of carbonyl (C=O) groups excluding carboxylic acids is 1. The van der Waals surface area contributed by atoms with Crippen LogP contribution in [0.4, 0.5) is 0 Å². The zero-order valence-electron chi connectivity index (χ0n) is 10.7. The van der Waals surface area contributed by atoms with Gasteiger partial charge in [0.05, 0.1) is 11.4 Å². The SMILES string of the molecule is N=C(/C=C(\N)C=O)c1ccc(Oc2ccccc2)cc1.[HH]. The van der Waals surface area contributed by atoms with Crippen molar-refractivity contribution in [3.05, 3.63) is 71.9 Å². The van der Waals surface area contributed by atoms with Gasteiger partial charge in [0.25, 0.3) is 0 Å². The van der Waals surface area contributed by atoms with Crippen molar-refractivity contribution in [2.75, 3.05) is 0 Å². The Kier molecular flexibility index (Phi) is 4.29. The third kappa shape index (κ3) is 3.55. The van der Waals surface area contributed by atoms with Crippen molar-refractivity contribution in [3.8, 4) is 11.5 Å². The van der Waals surface area contributed by atoms with Gasteiger partial charge in [0, 0.05) is 1.43 Å². The molecule has 0 atom stereocenters. The maximum Gasteiger partial charge on any atom is 0.165 e. The Labute approximate surface area is 118 Å². The number of ether oxygens (including phenoxy) is 1. The molecule has 2 aromatic rings. The first-order chi connectivity index (χ1) is 9.69. The molecule has 3 N–H and O–H groups in total. The summed E-state index contributed by atoms with van der Waals surface area (Å²) in [6.07, 6.45) is 1.83. The van der Waals surface area contributed by atoms with Gasteiger partial charge in [0.1, 0.15) is 11.5 Å². The maximum absolute atomic E-state index is 10.4. The Hall–Kier alpha value is -2.88. The summed E-state index contributed by atoms with van der Waals surface area (Å²) in [5, 5.41) is 7.80. The minimum Gasteiger partial charge on any atom is -0.457 e. The van der Waals surface area contributed by atoms with E-state index in [0.29, 0.717) is 17.6 Å². The fourth-order valence-corrected chi connectivity index (χ4v) is 1.61. The van der Waals surface area contributed by atoms with Crippen molar-refractivity contribution in [3.63, 3.8) is 0 Å². The predicted octanol–water partition coefficient (Wildman–Crippen LogP) is 3.13. The van der Waals surface area contributed by atoms with Crippen LogP contribution in [-0.4, -0.2) is 12.0 Å². The van der Waals surface area contributed by atoms with Gasteiger partial charge in [-0.25, -0.2) is 0 Å². The van der Waals surface area contributed by atoms with E-state index in [-0.39, 0.29) is 12.8 Å². The zero-order valence-corrected chi connectivity index (χ0v) is 10.7. The smallest absolute Gasteiger partial charge is 0.165 e. The summed E-state index contributed by atoms with van der Waals surface area (Å²) in [6.45, 7) is 0. The number of hydrogen-bond acceptors (Lipinski definition) is 4. The molecule has 0 aliphatic heterocycles. The summed E-state index contributed by atoms with van der Waals surface area (Å²) >= 11 is 0. The van der Waals surface area contributed by atoms with Crippen LogP contribution in [0.25, 0.3) is 0 Å². The molecule has 0 aromatic heterocycles. The highest BCUT2D eigenvalue weighted by Crippen LogP contribution is 2.21. The van der Waals surface area contributed by atoms with Crippen LogP contribution in [0.1, 0.15) is 6.99 Å². The summed E-state index contributed by atoms with van der Waals surface area (Å²) in [6, 6.07) is 16.5. The van der Waals surface area contributed by atoms with E-state index in [0.717, 1.165) is 5.75 Å². The van der Waals surface area contributed by atoms with E-state index in [1.807, 2.05) is 30.3 Å². The zero-order chi connectivity index (χ0) is 14.4. The molecule has 0 fully saturated rings. The van der Waals surface area contributed by atoms with E-state index in [1.165, 1.54) is 6.08 Å². The average molecular weight is 268 g/mol. The number of benzene rings is 2. The molecule has 0 saturated carbocycles. The van der Waals surface area contributed by atoms with Crippen LogP contribution in [0.15, 0.2) is 66.4 Å². The van der Waals surface area contributed by atoms with E-state index in [9.17, 15) is 4.79 Å². The van der Waals surface area contributed by atoms with Crippen molar-refractivity contribution in [1.29, 1.82) is 5.41 Å². The minimum atomic E-state index is 0. The standard InChI is InChI=1S/C16H14N2O2.H2/c17-13(11-19)10-16(18)12-6-8-15(9-7-12)20-14-4-2-1-3-5-14;/h1-11,18H,17H2;1H/b13-10-,18-16?;. The van der Waals surface area contributed by atoms with Crippen LogP contribution in [0, 0.1) is 5.41 Å². The van der Waals surface area contributed by atoms with Gasteiger partial charge in [-0.3, -0.25) is 4.79 Å². The van der Waals surface area contributed by atoms with E-state index >= 15 is 0 Å². The summed E-state index contributed by atoms with van der Waals surface area (Å²) < 4.78 is 5.65. The van der Waals surface area contributed by atoms with Crippen LogP contribution in [0.2, 0.25) is 0 Å². The molecule has 0 amide bonds. The molecular weight excluding hydrogens is 252 g/mol. The normalized spacial score (nSPS) is 10.9. The number of aldehydes is 1. The van der Waals surface area contributed by atoms with Gasteiger partial charge in [-0.15, -0.1) is 0 Å². The van der Waals surface area contributed by atoms with Crippen molar-refractivity contribution >= 4 is 12.0 Å². The Bertz CT molecular complexity index is 637. The maximum atomic E-state index is 10.4. The summed E-state index contributed by atoms with van der Waals surface area (Å²) in [7, 11) is 0. The molecule has 0 radical (unpaired) electrons. The molecule has 2 aromatic carbocycles. The summed E-state index contributed by atoms with van der Waals surface area (Å²) in [5.74, 6) is 1.43. The number of rotatable bonds is 5. The fourth-order valence-electron chi connectivity index (χ4n) is 1.61. The van der Waals surface area contributed by atoms with Crippen LogP contribution in [0.3, 0.4) is 0 Å². The van der Waals surface area contributed by atoms with Gasteiger partial charge in [-0.1, -0.05) is 18.2 Å². The molecule has 2 rings (SSSR count). The lowest BCUT2D eigenvalue weighted by molar-refractivity contribution is -0.104.